The second-order valence-electron chi connectivity index (χ2n) is 4.28. The van der Waals surface area contributed by atoms with Crippen LogP contribution in [0.15, 0.2) is 17.5 Å². The first-order valence-electron chi connectivity index (χ1n) is 4.27. The highest BCUT2D eigenvalue weighted by Gasteiger charge is 2.62. The van der Waals surface area contributed by atoms with Crippen molar-refractivity contribution in [2.45, 2.75) is 25.7 Å². The van der Waals surface area contributed by atoms with Crippen LogP contribution in [0, 0.1) is 5.41 Å². The molecule has 0 amide bonds. The van der Waals surface area contributed by atoms with E-state index in [1.165, 1.54) is 4.88 Å². The average molecular weight is 182 g/mol. The molecule has 0 saturated heterocycles. The Labute approximate surface area is 77.0 Å². The predicted molar refractivity (Wildman–Crippen MR) is 51.5 cm³/mol. The summed E-state index contributed by atoms with van der Waals surface area (Å²) in [7, 11) is 0. The van der Waals surface area contributed by atoms with E-state index in [1.807, 2.05) is 0 Å². The summed E-state index contributed by atoms with van der Waals surface area (Å²) in [6.07, 6.45) is 1.12. The van der Waals surface area contributed by atoms with Gasteiger partial charge >= 0.3 is 0 Å². The van der Waals surface area contributed by atoms with E-state index >= 15 is 0 Å². The van der Waals surface area contributed by atoms with Gasteiger partial charge in [0, 0.05) is 10.3 Å². The summed E-state index contributed by atoms with van der Waals surface area (Å²) in [5.41, 5.74) is 0.383. The molecule has 66 valence electrons. The normalized spacial score (nSPS) is 31.9. The van der Waals surface area contributed by atoms with E-state index < -0.39 is 0 Å². The highest BCUT2D eigenvalue weighted by Crippen LogP contribution is 2.64. The lowest BCUT2D eigenvalue weighted by Crippen LogP contribution is -2.17. The zero-order chi connectivity index (χ0) is 8.82. The van der Waals surface area contributed by atoms with Crippen LogP contribution in [0.25, 0.3) is 0 Å². The Morgan fingerprint density at radius 1 is 1.58 bits per heavy atom. The van der Waals surface area contributed by atoms with E-state index in [4.69, 9.17) is 0 Å². The first kappa shape index (κ1) is 8.27. The van der Waals surface area contributed by atoms with Crippen LogP contribution in [-0.2, 0) is 5.41 Å². The van der Waals surface area contributed by atoms with E-state index in [-0.39, 0.29) is 5.41 Å². The fraction of sp³-hybridized carbons (Fsp3) is 0.600. The van der Waals surface area contributed by atoms with Gasteiger partial charge in [0.2, 0.25) is 0 Å². The van der Waals surface area contributed by atoms with Crippen LogP contribution in [0.2, 0.25) is 0 Å². The third kappa shape index (κ3) is 0.882. The van der Waals surface area contributed by atoms with Gasteiger partial charge in [0.05, 0.1) is 6.61 Å². The minimum Gasteiger partial charge on any atom is -0.395 e. The molecule has 1 saturated carbocycles. The Morgan fingerprint density at radius 3 is 2.58 bits per heavy atom. The van der Waals surface area contributed by atoms with Gasteiger partial charge in [-0.3, -0.25) is 0 Å². The molecule has 1 heterocycles. The molecule has 1 aliphatic rings. The lowest BCUT2D eigenvalue weighted by molar-refractivity contribution is 0.233. The lowest BCUT2D eigenvalue weighted by Gasteiger charge is -2.15. The quantitative estimate of drug-likeness (QED) is 0.744. The molecule has 1 atom stereocenters. The highest BCUT2D eigenvalue weighted by molar-refractivity contribution is 7.10. The Bertz CT molecular complexity index is 276. The molecule has 1 aliphatic carbocycles. The fourth-order valence-electron chi connectivity index (χ4n) is 2.03. The molecule has 0 bridgehead atoms. The van der Waals surface area contributed by atoms with Gasteiger partial charge in [-0.1, -0.05) is 19.9 Å². The summed E-state index contributed by atoms with van der Waals surface area (Å²) in [6, 6.07) is 4.20. The number of thiophene rings is 1. The van der Waals surface area contributed by atoms with Gasteiger partial charge in [-0.15, -0.1) is 11.3 Å². The maximum atomic E-state index is 9.37. The third-order valence-electron chi connectivity index (χ3n) is 3.18. The molecule has 2 rings (SSSR count). The standard InChI is InChI=1S/C10H14OS/c1-9(2)6-10(9,7-11)8-4-3-5-12-8/h3-5,11H,6-7H2,1-2H3. The molecule has 12 heavy (non-hydrogen) atoms. The first-order valence-corrected chi connectivity index (χ1v) is 5.15. The molecular formula is C10H14OS. The molecule has 2 heteroatoms. The van der Waals surface area contributed by atoms with Crippen LogP contribution >= 0.6 is 11.3 Å². The molecule has 1 fully saturated rings. The number of aliphatic hydroxyl groups excluding tert-OH is 1. The fourth-order valence-corrected chi connectivity index (χ4v) is 3.13. The molecular weight excluding hydrogens is 168 g/mol. The highest BCUT2D eigenvalue weighted by atomic mass is 32.1. The van der Waals surface area contributed by atoms with Crippen molar-refractivity contribution < 1.29 is 5.11 Å². The number of hydrogen-bond acceptors (Lipinski definition) is 2. The van der Waals surface area contributed by atoms with E-state index in [0.29, 0.717) is 12.0 Å². The summed E-state index contributed by atoms with van der Waals surface area (Å²) < 4.78 is 0. The van der Waals surface area contributed by atoms with Crippen molar-refractivity contribution >= 4 is 11.3 Å². The monoisotopic (exact) mass is 182 g/mol. The predicted octanol–water partition coefficient (Wildman–Crippen LogP) is 2.41. The van der Waals surface area contributed by atoms with Crippen LogP contribution in [0.1, 0.15) is 25.1 Å². The Balaban J connectivity index is 2.34. The molecule has 1 aromatic rings. The summed E-state index contributed by atoms with van der Waals surface area (Å²) in [5.74, 6) is 0. The Hall–Kier alpha value is -0.340. The van der Waals surface area contributed by atoms with Crippen molar-refractivity contribution in [1.29, 1.82) is 0 Å². The van der Waals surface area contributed by atoms with Crippen molar-refractivity contribution in [3.8, 4) is 0 Å². The van der Waals surface area contributed by atoms with Crippen molar-refractivity contribution in [3.63, 3.8) is 0 Å². The second kappa shape index (κ2) is 2.33. The van der Waals surface area contributed by atoms with Crippen LogP contribution < -0.4 is 0 Å². The number of aliphatic hydroxyl groups is 1. The maximum absolute atomic E-state index is 9.37. The topological polar surface area (TPSA) is 20.2 Å². The van der Waals surface area contributed by atoms with E-state index in [2.05, 4.69) is 31.4 Å². The molecule has 1 nitrogen and oxygen atoms in total. The van der Waals surface area contributed by atoms with Crippen molar-refractivity contribution in [2.24, 2.45) is 5.41 Å². The lowest BCUT2D eigenvalue weighted by atomic mass is 9.95. The molecule has 0 spiro atoms. The summed E-state index contributed by atoms with van der Waals surface area (Å²) in [5, 5.41) is 11.5. The van der Waals surface area contributed by atoms with Crippen LogP contribution in [0.4, 0.5) is 0 Å². The second-order valence-corrected chi connectivity index (χ2v) is 5.23. The van der Waals surface area contributed by atoms with E-state index in [9.17, 15) is 5.11 Å². The maximum Gasteiger partial charge on any atom is 0.0541 e. The van der Waals surface area contributed by atoms with Crippen LogP contribution in [-0.4, -0.2) is 11.7 Å². The molecule has 0 aliphatic heterocycles. The van der Waals surface area contributed by atoms with Gasteiger partial charge in [0.15, 0.2) is 0 Å². The molecule has 0 radical (unpaired) electrons. The van der Waals surface area contributed by atoms with Crippen molar-refractivity contribution in [2.75, 3.05) is 6.61 Å². The minimum atomic E-state index is 0.0845. The molecule has 1 N–H and O–H groups in total. The number of hydrogen-bond donors (Lipinski definition) is 1. The smallest absolute Gasteiger partial charge is 0.0541 e. The first-order chi connectivity index (χ1) is 5.62. The molecule has 0 aromatic carbocycles. The van der Waals surface area contributed by atoms with E-state index in [1.54, 1.807) is 11.3 Å². The average Bonchev–Trinajstić information content (AvgIpc) is 2.52. The van der Waals surface area contributed by atoms with Crippen molar-refractivity contribution in [1.82, 2.24) is 0 Å². The Kier molecular flexibility index (Phi) is 1.61. The van der Waals surface area contributed by atoms with Crippen LogP contribution in [0.3, 0.4) is 0 Å². The summed E-state index contributed by atoms with van der Waals surface area (Å²) >= 11 is 1.76. The van der Waals surface area contributed by atoms with Gasteiger partial charge in [-0.25, -0.2) is 0 Å². The van der Waals surface area contributed by atoms with E-state index in [0.717, 1.165) is 6.42 Å². The third-order valence-corrected chi connectivity index (χ3v) is 4.25. The molecule has 1 aromatic heterocycles. The van der Waals surface area contributed by atoms with Crippen molar-refractivity contribution in [3.05, 3.63) is 22.4 Å². The zero-order valence-corrected chi connectivity index (χ0v) is 8.32. The molecule has 1 unspecified atom stereocenters. The van der Waals surface area contributed by atoms with Gasteiger partial charge in [-0.2, -0.15) is 0 Å². The van der Waals surface area contributed by atoms with Gasteiger partial charge in [-0.05, 0) is 23.3 Å². The Morgan fingerprint density at radius 2 is 2.25 bits per heavy atom. The summed E-state index contributed by atoms with van der Waals surface area (Å²) in [4.78, 5) is 1.34. The number of rotatable bonds is 2. The summed E-state index contributed by atoms with van der Waals surface area (Å²) in [6.45, 7) is 4.74. The van der Waals surface area contributed by atoms with Gasteiger partial charge in [0.25, 0.3) is 0 Å². The van der Waals surface area contributed by atoms with Gasteiger partial charge in [0.1, 0.15) is 0 Å². The zero-order valence-electron chi connectivity index (χ0n) is 7.50. The largest absolute Gasteiger partial charge is 0.395 e. The minimum absolute atomic E-state index is 0.0845. The SMILES string of the molecule is CC1(C)CC1(CO)c1cccs1. The van der Waals surface area contributed by atoms with Crippen LogP contribution in [0.5, 0.6) is 0 Å². The van der Waals surface area contributed by atoms with Gasteiger partial charge < -0.3 is 5.11 Å².